The van der Waals surface area contributed by atoms with Crippen molar-refractivity contribution < 1.29 is 9.69 Å². The van der Waals surface area contributed by atoms with Gasteiger partial charge in [0, 0.05) is 12.3 Å². The summed E-state index contributed by atoms with van der Waals surface area (Å²) in [5.41, 5.74) is 1.45. The van der Waals surface area contributed by atoms with E-state index in [4.69, 9.17) is 0 Å². The molecule has 2 unspecified atom stereocenters. The third-order valence-electron chi connectivity index (χ3n) is 4.15. The molecule has 1 aromatic carbocycles. The summed E-state index contributed by atoms with van der Waals surface area (Å²) in [4.78, 5) is 14.5. The van der Waals surface area contributed by atoms with Gasteiger partial charge in [-0.05, 0) is 17.0 Å². The van der Waals surface area contributed by atoms with Crippen LogP contribution in [0.15, 0.2) is 47.8 Å². The molecule has 1 fully saturated rings. The minimum Gasteiger partial charge on any atom is -0.334 e. The molecule has 3 rings (SSSR count). The molecule has 0 saturated carbocycles. The lowest BCUT2D eigenvalue weighted by atomic mass is 9.99. The van der Waals surface area contributed by atoms with Crippen molar-refractivity contribution in [3.05, 3.63) is 58.3 Å². The third-order valence-corrected chi connectivity index (χ3v) is 5.06. The molecular formula is C17H20NOS+. The molecule has 2 nitrogen and oxygen atoms in total. The molecule has 0 amide bonds. The molecule has 0 bridgehead atoms. The van der Waals surface area contributed by atoms with E-state index in [0.29, 0.717) is 18.1 Å². The quantitative estimate of drug-likeness (QED) is 0.838. The van der Waals surface area contributed by atoms with Gasteiger partial charge in [-0.3, -0.25) is 4.79 Å². The Kier molecular flexibility index (Phi) is 4.28. The van der Waals surface area contributed by atoms with Crippen LogP contribution in [0.1, 0.15) is 34.0 Å². The number of likely N-dealkylation sites (tertiary alicyclic amines) is 1. The van der Waals surface area contributed by atoms with Crippen LogP contribution >= 0.6 is 11.3 Å². The van der Waals surface area contributed by atoms with Crippen molar-refractivity contribution in [1.82, 2.24) is 0 Å². The Balaban J connectivity index is 1.50. The average Bonchev–Trinajstić information content (AvgIpc) is 3.17. The molecule has 2 atom stereocenters. The molecule has 104 valence electrons. The zero-order valence-corrected chi connectivity index (χ0v) is 12.4. The van der Waals surface area contributed by atoms with E-state index in [1.807, 2.05) is 17.5 Å². The molecule has 1 saturated heterocycles. The predicted molar refractivity (Wildman–Crippen MR) is 82.6 cm³/mol. The highest BCUT2D eigenvalue weighted by Gasteiger charge is 2.27. The molecule has 20 heavy (non-hydrogen) atoms. The molecule has 1 aliphatic rings. The maximum atomic E-state index is 12.0. The van der Waals surface area contributed by atoms with Gasteiger partial charge in [0.1, 0.15) is 0 Å². The van der Waals surface area contributed by atoms with Crippen molar-refractivity contribution in [3.8, 4) is 0 Å². The molecular weight excluding hydrogens is 266 g/mol. The van der Waals surface area contributed by atoms with Crippen molar-refractivity contribution in [2.45, 2.75) is 18.8 Å². The van der Waals surface area contributed by atoms with E-state index in [1.54, 1.807) is 16.2 Å². The monoisotopic (exact) mass is 286 g/mol. The molecule has 0 spiro atoms. The highest BCUT2D eigenvalue weighted by atomic mass is 32.1. The van der Waals surface area contributed by atoms with Gasteiger partial charge in [0.2, 0.25) is 0 Å². The minimum atomic E-state index is 0.302. The van der Waals surface area contributed by atoms with E-state index in [0.717, 1.165) is 11.4 Å². The second-order valence-corrected chi connectivity index (χ2v) is 6.45. The highest BCUT2D eigenvalue weighted by molar-refractivity contribution is 7.12. The summed E-state index contributed by atoms with van der Waals surface area (Å²) < 4.78 is 0. The molecule has 3 heteroatoms. The number of benzene rings is 1. The molecule has 1 aromatic heterocycles. The van der Waals surface area contributed by atoms with Crippen molar-refractivity contribution in [1.29, 1.82) is 0 Å². The Morgan fingerprint density at radius 1 is 1.20 bits per heavy atom. The van der Waals surface area contributed by atoms with E-state index in [1.165, 1.54) is 25.1 Å². The van der Waals surface area contributed by atoms with Gasteiger partial charge in [-0.25, -0.2) is 0 Å². The van der Waals surface area contributed by atoms with Crippen LogP contribution < -0.4 is 4.90 Å². The van der Waals surface area contributed by atoms with E-state index < -0.39 is 0 Å². The van der Waals surface area contributed by atoms with Crippen LogP contribution in [-0.2, 0) is 0 Å². The van der Waals surface area contributed by atoms with Crippen LogP contribution in [0.4, 0.5) is 0 Å². The average molecular weight is 286 g/mol. The molecule has 2 heterocycles. The Hall–Kier alpha value is -1.45. The summed E-state index contributed by atoms with van der Waals surface area (Å²) in [5, 5.41) is 1.97. The topological polar surface area (TPSA) is 21.5 Å². The van der Waals surface area contributed by atoms with Gasteiger partial charge < -0.3 is 4.90 Å². The maximum absolute atomic E-state index is 12.0. The third kappa shape index (κ3) is 3.17. The van der Waals surface area contributed by atoms with Crippen molar-refractivity contribution in [2.24, 2.45) is 0 Å². The summed E-state index contributed by atoms with van der Waals surface area (Å²) >= 11 is 1.55. The lowest BCUT2D eigenvalue weighted by Gasteiger charge is -2.12. The SMILES string of the molecule is O=C(CC[NH+]1CCC(c2ccccc2)C1)c1cccs1. The van der Waals surface area contributed by atoms with Crippen LogP contribution in [0.2, 0.25) is 0 Å². The summed E-state index contributed by atoms with van der Waals surface area (Å²) in [6.45, 7) is 3.33. The predicted octanol–water partition coefficient (Wildman–Crippen LogP) is 2.39. The largest absolute Gasteiger partial charge is 0.334 e. The van der Waals surface area contributed by atoms with Crippen LogP contribution in [0.5, 0.6) is 0 Å². The molecule has 0 aliphatic carbocycles. The number of hydrogen-bond donors (Lipinski definition) is 1. The summed E-state index contributed by atoms with van der Waals surface area (Å²) in [6, 6.07) is 14.6. The van der Waals surface area contributed by atoms with Gasteiger partial charge in [0.05, 0.1) is 30.9 Å². The van der Waals surface area contributed by atoms with E-state index in [9.17, 15) is 4.79 Å². The first-order valence-corrected chi connectivity index (χ1v) is 8.16. The fourth-order valence-electron chi connectivity index (χ4n) is 3.02. The van der Waals surface area contributed by atoms with E-state index in [-0.39, 0.29) is 0 Å². The van der Waals surface area contributed by atoms with Crippen LogP contribution in [-0.4, -0.2) is 25.4 Å². The van der Waals surface area contributed by atoms with Crippen molar-refractivity contribution in [2.75, 3.05) is 19.6 Å². The number of ketones is 1. The zero-order valence-electron chi connectivity index (χ0n) is 11.5. The minimum absolute atomic E-state index is 0.302. The second kappa shape index (κ2) is 6.33. The van der Waals surface area contributed by atoms with Gasteiger partial charge in [0.25, 0.3) is 0 Å². The van der Waals surface area contributed by atoms with Gasteiger partial charge in [-0.15, -0.1) is 11.3 Å². The van der Waals surface area contributed by atoms with Gasteiger partial charge >= 0.3 is 0 Å². The number of rotatable bonds is 5. The number of thiophene rings is 1. The Morgan fingerprint density at radius 2 is 2.05 bits per heavy atom. The fourth-order valence-corrected chi connectivity index (χ4v) is 3.71. The summed E-state index contributed by atoms with van der Waals surface area (Å²) in [7, 11) is 0. The van der Waals surface area contributed by atoms with Gasteiger partial charge in [-0.1, -0.05) is 36.4 Å². The number of quaternary nitrogens is 1. The first-order valence-electron chi connectivity index (χ1n) is 7.28. The van der Waals surface area contributed by atoms with Gasteiger partial charge in [-0.2, -0.15) is 0 Å². The smallest absolute Gasteiger partial charge is 0.178 e. The maximum Gasteiger partial charge on any atom is 0.178 e. The van der Waals surface area contributed by atoms with Gasteiger partial charge in [0.15, 0.2) is 5.78 Å². The number of carbonyl (C=O) groups is 1. The molecule has 1 N–H and O–H groups in total. The lowest BCUT2D eigenvalue weighted by Crippen LogP contribution is -3.10. The summed E-state index contributed by atoms with van der Waals surface area (Å²) in [6.07, 6.45) is 1.92. The van der Waals surface area contributed by atoms with E-state index in [2.05, 4.69) is 30.3 Å². The number of Topliss-reactive ketones (excluding diaryl/α,β-unsaturated/α-hetero) is 1. The standard InChI is InChI=1S/C17H19NOS/c19-16(17-7-4-12-20-17)9-11-18-10-8-15(13-18)14-5-2-1-3-6-14/h1-7,12,15H,8-11,13H2/p+1. The first kappa shape index (κ1) is 13.5. The zero-order chi connectivity index (χ0) is 13.8. The second-order valence-electron chi connectivity index (χ2n) is 5.50. The molecule has 2 aromatic rings. The number of carbonyl (C=O) groups excluding carboxylic acids is 1. The number of hydrogen-bond acceptors (Lipinski definition) is 2. The normalized spacial score (nSPS) is 22.0. The molecule has 0 radical (unpaired) electrons. The lowest BCUT2D eigenvalue weighted by molar-refractivity contribution is -0.887. The first-order chi connectivity index (χ1) is 9.83. The van der Waals surface area contributed by atoms with E-state index >= 15 is 0 Å². The Bertz CT molecular complexity index is 550. The Morgan fingerprint density at radius 3 is 2.80 bits per heavy atom. The van der Waals surface area contributed by atoms with Crippen LogP contribution in [0.25, 0.3) is 0 Å². The molecule has 1 aliphatic heterocycles. The van der Waals surface area contributed by atoms with Crippen molar-refractivity contribution >= 4 is 17.1 Å². The number of nitrogens with one attached hydrogen (secondary N) is 1. The van der Waals surface area contributed by atoms with Crippen molar-refractivity contribution in [3.63, 3.8) is 0 Å². The summed E-state index contributed by atoms with van der Waals surface area (Å²) in [5.74, 6) is 0.971. The fraction of sp³-hybridized carbons (Fsp3) is 0.353. The Labute approximate surface area is 124 Å². The van der Waals surface area contributed by atoms with Crippen LogP contribution in [0.3, 0.4) is 0 Å². The highest BCUT2D eigenvalue weighted by Crippen LogP contribution is 2.19. The van der Waals surface area contributed by atoms with Crippen LogP contribution in [0, 0.1) is 0 Å².